The van der Waals surface area contributed by atoms with Gasteiger partial charge in [-0.1, -0.05) is 31.0 Å². The lowest BCUT2D eigenvalue weighted by atomic mass is 9.78. The summed E-state index contributed by atoms with van der Waals surface area (Å²) in [6.45, 7) is 3.54. The smallest absolute Gasteiger partial charge is 0.416 e. The molecule has 3 rings (SSSR count). The maximum atomic E-state index is 13.3. The van der Waals surface area contributed by atoms with E-state index in [1.54, 1.807) is 19.9 Å². The molecule has 30 heavy (non-hydrogen) atoms. The molecule has 0 saturated heterocycles. The quantitative estimate of drug-likeness (QED) is 0.556. The molecule has 1 aromatic heterocycles. The third-order valence-corrected chi connectivity index (χ3v) is 6.60. The highest BCUT2D eigenvalue weighted by Gasteiger charge is 2.39. The van der Waals surface area contributed by atoms with E-state index in [0.29, 0.717) is 28.6 Å². The zero-order chi connectivity index (χ0) is 22.1. The van der Waals surface area contributed by atoms with Crippen LogP contribution in [0, 0.1) is 6.92 Å². The van der Waals surface area contributed by atoms with Crippen LogP contribution in [0.5, 0.6) is 0 Å². The summed E-state index contributed by atoms with van der Waals surface area (Å²) in [6.07, 6.45) is -1.32. The number of carbonyl (C=O) groups is 1. The van der Waals surface area contributed by atoms with Crippen LogP contribution in [0.25, 0.3) is 0 Å². The van der Waals surface area contributed by atoms with Crippen molar-refractivity contribution in [3.8, 4) is 0 Å². The zero-order valence-corrected chi connectivity index (χ0v) is 18.3. The third-order valence-electron chi connectivity index (χ3n) is 5.60. The lowest BCUT2D eigenvalue weighted by Gasteiger charge is -2.31. The average Bonchev–Trinajstić information content (AvgIpc) is 3.18. The number of esters is 1. The summed E-state index contributed by atoms with van der Waals surface area (Å²) >= 11 is 3.37. The fourth-order valence-corrected chi connectivity index (χ4v) is 4.40. The molecule has 1 aliphatic carbocycles. The van der Waals surface area contributed by atoms with E-state index < -0.39 is 28.6 Å². The number of hydrogen-bond donors (Lipinski definition) is 0. The summed E-state index contributed by atoms with van der Waals surface area (Å²) < 4.78 is 46.6. The number of benzene rings is 1. The van der Waals surface area contributed by atoms with E-state index >= 15 is 0 Å². The van der Waals surface area contributed by atoms with Crippen molar-refractivity contribution in [2.24, 2.45) is 0 Å². The first-order chi connectivity index (χ1) is 14.1. The summed E-state index contributed by atoms with van der Waals surface area (Å²) in [5.41, 5.74) is -1.25. The molecule has 2 aromatic rings. The standard InChI is InChI=1S/C21H22BrF3N2O3/c1-3-30-19(29)16-17(28)13(2)18(22)27(26-16)12-20(9-4-5-10-20)14-7-6-8-15(11-14)21(23,24)25/h6-8,11H,3-5,9-10,12H2,1-2H3. The first kappa shape index (κ1) is 22.5. The van der Waals surface area contributed by atoms with Gasteiger partial charge in [-0.2, -0.15) is 18.3 Å². The molecule has 5 nitrogen and oxygen atoms in total. The molecule has 0 bridgehead atoms. The molecule has 1 aliphatic rings. The second-order valence-corrected chi connectivity index (χ2v) is 8.29. The van der Waals surface area contributed by atoms with Crippen LogP contribution in [0.15, 0.2) is 33.7 Å². The molecule has 1 fully saturated rings. The maximum Gasteiger partial charge on any atom is 0.416 e. The maximum absolute atomic E-state index is 13.3. The number of carbonyl (C=O) groups excluding carboxylic acids is 1. The van der Waals surface area contributed by atoms with Gasteiger partial charge in [0.15, 0.2) is 0 Å². The molecule has 9 heteroatoms. The number of alkyl halides is 3. The van der Waals surface area contributed by atoms with Crippen LogP contribution in [-0.4, -0.2) is 22.4 Å². The Labute approximate surface area is 180 Å². The van der Waals surface area contributed by atoms with E-state index in [0.717, 1.165) is 18.9 Å². The Balaban J connectivity index is 2.08. The summed E-state index contributed by atoms with van der Waals surface area (Å²) in [5, 5.41) is 4.22. The van der Waals surface area contributed by atoms with Crippen LogP contribution >= 0.6 is 15.9 Å². The van der Waals surface area contributed by atoms with E-state index in [4.69, 9.17) is 4.74 Å². The van der Waals surface area contributed by atoms with Gasteiger partial charge < -0.3 is 4.74 Å². The minimum absolute atomic E-state index is 0.100. The summed E-state index contributed by atoms with van der Waals surface area (Å²) in [7, 11) is 0. The predicted molar refractivity (Wildman–Crippen MR) is 108 cm³/mol. The summed E-state index contributed by atoms with van der Waals surface area (Å²) in [6, 6.07) is 5.38. The average molecular weight is 487 g/mol. The highest BCUT2D eigenvalue weighted by atomic mass is 79.9. The number of aromatic nitrogens is 2. The second kappa shape index (κ2) is 8.53. The molecule has 1 saturated carbocycles. The van der Waals surface area contributed by atoms with Crippen molar-refractivity contribution in [3.05, 3.63) is 61.5 Å². The Morgan fingerprint density at radius 3 is 2.57 bits per heavy atom. The van der Waals surface area contributed by atoms with Gasteiger partial charge in [0.05, 0.1) is 18.7 Å². The van der Waals surface area contributed by atoms with Gasteiger partial charge in [-0.15, -0.1) is 0 Å². The van der Waals surface area contributed by atoms with E-state index in [-0.39, 0.29) is 18.8 Å². The number of hydrogen-bond acceptors (Lipinski definition) is 4. The van der Waals surface area contributed by atoms with Gasteiger partial charge in [0.25, 0.3) is 0 Å². The number of rotatable bonds is 5. The van der Waals surface area contributed by atoms with Crippen LogP contribution in [0.4, 0.5) is 13.2 Å². The molecule has 0 atom stereocenters. The topological polar surface area (TPSA) is 61.2 Å². The Hall–Kier alpha value is -2.16. The minimum Gasteiger partial charge on any atom is -0.461 e. The fraction of sp³-hybridized carbons (Fsp3) is 0.476. The minimum atomic E-state index is -4.43. The van der Waals surface area contributed by atoms with Crippen molar-refractivity contribution in [2.75, 3.05) is 6.61 Å². The molecule has 0 aliphatic heterocycles. The summed E-state index contributed by atoms with van der Waals surface area (Å²) in [5.74, 6) is -0.814. The molecule has 0 spiro atoms. The van der Waals surface area contributed by atoms with Gasteiger partial charge in [0, 0.05) is 11.0 Å². The molecule has 162 valence electrons. The largest absolute Gasteiger partial charge is 0.461 e. The van der Waals surface area contributed by atoms with Crippen molar-refractivity contribution in [1.29, 1.82) is 0 Å². The van der Waals surface area contributed by atoms with Crippen molar-refractivity contribution in [1.82, 2.24) is 9.78 Å². The van der Waals surface area contributed by atoms with Crippen molar-refractivity contribution in [2.45, 2.75) is 57.7 Å². The zero-order valence-electron chi connectivity index (χ0n) is 16.7. The van der Waals surface area contributed by atoms with Gasteiger partial charge in [-0.25, -0.2) is 4.79 Å². The van der Waals surface area contributed by atoms with Crippen molar-refractivity contribution >= 4 is 21.9 Å². The highest BCUT2D eigenvalue weighted by Crippen LogP contribution is 2.44. The molecule has 1 aromatic carbocycles. The Morgan fingerprint density at radius 1 is 1.30 bits per heavy atom. The van der Waals surface area contributed by atoms with E-state index in [1.807, 2.05) is 0 Å². The van der Waals surface area contributed by atoms with E-state index in [2.05, 4.69) is 21.0 Å². The second-order valence-electron chi connectivity index (χ2n) is 7.54. The van der Waals surface area contributed by atoms with Crippen molar-refractivity contribution in [3.63, 3.8) is 0 Å². The monoisotopic (exact) mass is 486 g/mol. The molecule has 1 heterocycles. The van der Waals surface area contributed by atoms with Gasteiger partial charge in [-0.05, 0) is 54.2 Å². The van der Waals surface area contributed by atoms with Crippen LogP contribution < -0.4 is 5.43 Å². The fourth-order valence-electron chi connectivity index (χ4n) is 4.01. The predicted octanol–water partition coefficient (Wildman–Crippen LogP) is 5.02. The van der Waals surface area contributed by atoms with Crippen molar-refractivity contribution < 1.29 is 22.7 Å². The number of halogens is 4. The SMILES string of the molecule is CCOC(=O)c1nn(CC2(c3cccc(C(F)(F)F)c3)CCCC2)c(Br)c(C)c1=O. The van der Waals surface area contributed by atoms with Crippen LogP contribution in [0.3, 0.4) is 0 Å². The number of nitrogens with zero attached hydrogens (tertiary/aromatic N) is 2. The summed E-state index contributed by atoms with van der Waals surface area (Å²) in [4.78, 5) is 24.7. The van der Waals surface area contributed by atoms with E-state index in [9.17, 15) is 22.8 Å². The molecule has 0 N–H and O–H groups in total. The third kappa shape index (κ3) is 4.31. The first-order valence-electron chi connectivity index (χ1n) is 9.71. The molecule has 0 radical (unpaired) electrons. The van der Waals surface area contributed by atoms with Gasteiger partial charge in [0.2, 0.25) is 11.1 Å². The Morgan fingerprint density at radius 2 is 1.97 bits per heavy atom. The van der Waals surface area contributed by atoms with Gasteiger partial charge >= 0.3 is 12.1 Å². The molecule has 0 unspecified atom stereocenters. The first-order valence-corrected chi connectivity index (χ1v) is 10.5. The van der Waals surface area contributed by atoms with Crippen LogP contribution in [0.2, 0.25) is 0 Å². The van der Waals surface area contributed by atoms with Gasteiger partial charge in [-0.3, -0.25) is 9.48 Å². The lowest BCUT2D eigenvalue weighted by molar-refractivity contribution is -0.137. The molecular weight excluding hydrogens is 465 g/mol. The molecule has 0 amide bonds. The Bertz CT molecular complexity index is 1010. The van der Waals surface area contributed by atoms with Gasteiger partial charge in [0.1, 0.15) is 4.60 Å². The van der Waals surface area contributed by atoms with Crippen LogP contribution in [-0.2, 0) is 22.9 Å². The van der Waals surface area contributed by atoms with Crippen LogP contribution in [0.1, 0.15) is 59.8 Å². The van der Waals surface area contributed by atoms with E-state index in [1.165, 1.54) is 16.8 Å². The number of ether oxygens (including phenoxy) is 1. The Kier molecular flexibility index (Phi) is 6.40. The molecular formula is C21H22BrF3N2O3. The highest BCUT2D eigenvalue weighted by molar-refractivity contribution is 9.10. The normalized spacial score (nSPS) is 15.9. The lowest BCUT2D eigenvalue weighted by Crippen LogP contribution is -2.34.